The predicted molar refractivity (Wildman–Crippen MR) is 63.9 cm³/mol. The maximum absolute atomic E-state index is 13.0. The minimum atomic E-state index is -0.934. The van der Waals surface area contributed by atoms with Crippen LogP contribution in [0, 0.1) is 17.6 Å². The lowest BCUT2D eigenvalue weighted by molar-refractivity contribution is -0.135. The van der Waals surface area contributed by atoms with Crippen molar-refractivity contribution in [1.82, 2.24) is 10.2 Å². The van der Waals surface area contributed by atoms with Gasteiger partial charge in [0.2, 0.25) is 11.8 Å². The fourth-order valence-electron chi connectivity index (χ4n) is 2.08. The highest BCUT2D eigenvalue weighted by molar-refractivity contribution is 5.89. The van der Waals surface area contributed by atoms with E-state index < -0.39 is 11.6 Å². The number of hydrogen-bond acceptors (Lipinski definition) is 2. The third-order valence-electron chi connectivity index (χ3n) is 3.11. The quantitative estimate of drug-likeness (QED) is 0.891. The van der Waals surface area contributed by atoms with Crippen molar-refractivity contribution in [2.75, 3.05) is 13.6 Å². The van der Waals surface area contributed by atoms with Crippen LogP contribution in [0.25, 0.3) is 0 Å². The third-order valence-corrected chi connectivity index (χ3v) is 3.11. The summed E-state index contributed by atoms with van der Waals surface area (Å²) in [5.74, 6) is -2.54. The molecular weight excluding hydrogens is 254 g/mol. The number of nitrogens with zero attached hydrogens (tertiary/aromatic N) is 1. The van der Waals surface area contributed by atoms with Gasteiger partial charge < -0.3 is 10.2 Å². The summed E-state index contributed by atoms with van der Waals surface area (Å²) in [6.07, 6.45) is 0.182. The van der Waals surface area contributed by atoms with Gasteiger partial charge in [0.05, 0.1) is 5.92 Å². The molecule has 1 unspecified atom stereocenters. The zero-order valence-corrected chi connectivity index (χ0v) is 10.5. The second kappa shape index (κ2) is 5.34. The lowest BCUT2D eigenvalue weighted by Gasteiger charge is -2.20. The summed E-state index contributed by atoms with van der Waals surface area (Å²) >= 11 is 0. The highest BCUT2D eigenvalue weighted by Crippen LogP contribution is 2.15. The molecule has 0 aliphatic carbocycles. The fourth-order valence-corrected chi connectivity index (χ4v) is 2.08. The van der Waals surface area contributed by atoms with Gasteiger partial charge in [-0.05, 0) is 17.7 Å². The Kier molecular flexibility index (Phi) is 3.78. The van der Waals surface area contributed by atoms with Gasteiger partial charge in [-0.1, -0.05) is 6.07 Å². The number of benzene rings is 1. The largest absolute Gasteiger partial charge is 0.355 e. The topological polar surface area (TPSA) is 49.4 Å². The average Bonchev–Trinajstić information content (AvgIpc) is 2.79. The van der Waals surface area contributed by atoms with Crippen molar-refractivity contribution in [3.05, 3.63) is 35.4 Å². The van der Waals surface area contributed by atoms with Gasteiger partial charge in [-0.15, -0.1) is 0 Å². The summed E-state index contributed by atoms with van der Waals surface area (Å²) in [6.45, 7) is 0.514. The Hall–Kier alpha value is -1.98. The van der Waals surface area contributed by atoms with Crippen molar-refractivity contribution in [3.8, 4) is 0 Å². The summed E-state index contributed by atoms with van der Waals surface area (Å²) in [5.41, 5.74) is 0.507. The lowest BCUT2D eigenvalue weighted by Crippen LogP contribution is -2.33. The van der Waals surface area contributed by atoms with E-state index in [2.05, 4.69) is 5.32 Å². The second-order valence-corrected chi connectivity index (χ2v) is 4.65. The lowest BCUT2D eigenvalue weighted by atomic mass is 10.1. The molecule has 0 aromatic heterocycles. The average molecular weight is 268 g/mol. The molecule has 4 nitrogen and oxygen atoms in total. The maximum Gasteiger partial charge on any atom is 0.228 e. The van der Waals surface area contributed by atoms with Crippen LogP contribution in [0.4, 0.5) is 8.78 Å². The molecule has 102 valence electrons. The smallest absolute Gasteiger partial charge is 0.228 e. The van der Waals surface area contributed by atoms with Gasteiger partial charge in [0, 0.05) is 26.6 Å². The third kappa shape index (κ3) is 3.07. The molecule has 1 aliphatic heterocycles. The van der Waals surface area contributed by atoms with Crippen LogP contribution in [0.2, 0.25) is 0 Å². The Morgan fingerprint density at radius 1 is 1.42 bits per heavy atom. The van der Waals surface area contributed by atoms with Gasteiger partial charge in [-0.2, -0.15) is 0 Å². The monoisotopic (exact) mass is 268 g/mol. The molecule has 0 saturated carbocycles. The van der Waals surface area contributed by atoms with Crippen LogP contribution in [-0.2, 0) is 16.1 Å². The molecule has 19 heavy (non-hydrogen) atoms. The van der Waals surface area contributed by atoms with Crippen molar-refractivity contribution in [2.24, 2.45) is 5.92 Å². The summed E-state index contributed by atoms with van der Waals surface area (Å²) in [4.78, 5) is 24.5. The van der Waals surface area contributed by atoms with Crippen molar-refractivity contribution >= 4 is 11.8 Å². The van der Waals surface area contributed by atoms with E-state index in [-0.39, 0.29) is 30.7 Å². The maximum atomic E-state index is 13.0. The van der Waals surface area contributed by atoms with E-state index in [0.717, 1.165) is 12.1 Å². The first-order chi connectivity index (χ1) is 8.97. The first kappa shape index (κ1) is 13.5. The van der Waals surface area contributed by atoms with Crippen LogP contribution in [-0.4, -0.2) is 30.3 Å². The van der Waals surface area contributed by atoms with E-state index in [0.29, 0.717) is 12.1 Å². The molecule has 1 atom stereocenters. The number of amides is 2. The van der Waals surface area contributed by atoms with Crippen molar-refractivity contribution < 1.29 is 18.4 Å². The normalized spacial score (nSPS) is 18.3. The second-order valence-electron chi connectivity index (χ2n) is 4.65. The molecule has 1 aromatic carbocycles. The van der Waals surface area contributed by atoms with Gasteiger partial charge in [0.15, 0.2) is 11.6 Å². The number of carbonyl (C=O) groups is 2. The molecule has 0 radical (unpaired) electrons. The van der Waals surface area contributed by atoms with Gasteiger partial charge in [-0.25, -0.2) is 8.78 Å². The Bertz CT molecular complexity index is 519. The number of carbonyl (C=O) groups excluding carboxylic acids is 2. The van der Waals surface area contributed by atoms with Crippen LogP contribution in [0.1, 0.15) is 12.0 Å². The molecule has 1 N–H and O–H groups in total. The van der Waals surface area contributed by atoms with Crippen LogP contribution >= 0.6 is 0 Å². The van der Waals surface area contributed by atoms with E-state index in [1.54, 1.807) is 7.05 Å². The summed E-state index contributed by atoms with van der Waals surface area (Å²) in [7, 11) is 1.58. The highest BCUT2D eigenvalue weighted by Gasteiger charge is 2.29. The van der Waals surface area contributed by atoms with Crippen molar-refractivity contribution in [3.63, 3.8) is 0 Å². The molecule has 1 fully saturated rings. The van der Waals surface area contributed by atoms with Crippen LogP contribution in [0.3, 0.4) is 0 Å². The minimum Gasteiger partial charge on any atom is -0.355 e. The standard InChI is InChI=1S/C13H14F2N2O2/c1-17(13(19)9-5-12(18)16-6-9)7-8-2-3-10(14)11(15)4-8/h2-4,9H,5-7H2,1H3,(H,16,18). The van der Waals surface area contributed by atoms with Crippen molar-refractivity contribution in [2.45, 2.75) is 13.0 Å². The zero-order chi connectivity index (χ0) is 14.0. The van der Waals surface area contributed by atoms with Crippen LogP contribution < -0.4 is 5.32 Å². The summed E-state index contributed by atoms with van der Waals surface area (Å²) in [6, 6.07) is 3.53. The Morgan fingerprint density at radius 2 is 2.16 bits per heavy atom. The highest BCUT2D eigenvalue weighted by atomic mass is 19.2. The first-order valence-electron chi connectivity index (χ1n) is 5.93. The number of rotatable bonds is 3. The van der Waals surface area contributed by atoms with Crippen molar-refractivity contribution in [1.29, 1.82) is 0 Å². The molecule has 0 bridgehead atoms. The predicted octanol–water partition coefficient (Wildman–Crippen LogP) is 1.06. The van der Waals surface area contributed by atoms with Gasteiger partial charge in [0.1, 0.15) is 0 Å². The molecule has 2 rings (SSSR count). The minimum absolute atomic E-state index is 0.139. The van der Waals surface area contributed by atoms with E-state index in [1.807, 2.05) is 0 Å². The Morgan fingerprint density at radius 3 is 2.74 bits per heavy atom. The van der Waals surface area contributed by atoms with Gasteiger partial charge in [0.25, 0.3) is 0 Å². The van der Waals surface area contributed by atoms with Crippen LogP contribution in [0.15, 0.2) is 18.2 Å². The molecule has 0 spiro atoms. The van der Waals surface area contributed by atoms with Gasteiger partial charge >= 0.3 is 0 Å². The number of halogens is 2. The molecule has 1 aliphatic rings. The first-order valence-corrected chi connectivity index (χ1v) is 5.93. The van der Waals surface area contributed by atoms with Crippen LogP contribution in [0.5, 0.6) is 0 Å². The Labute approximate surface area is 109 Å². The van der Waals surface area contributed by atoms with E-state index >= 15 is 0 Å². The zero-order valence-electron chi connectivity index (χ0n) is 10.5. The molecular formula is C13H14F2N2O2. The van der Waals surface area contributed by atoms with E-state index in [9.17, 15) is 18.4 Å². The summed E-state index contributed by atoms with van der Waals surface area (Å²) < 4.78 is 25.8. The van der Waals surface area contributed by atoms with E-state index in [4.69, 9.17) is 0 Å². The van der Waals surface area contributed by atoms with Gasteiger partial charge in [-0.3, -0.25) is 9.59 Å². The molecule has 1 heterocycles. The fraction of sp³-hybridized carbons (Fsp3) is 0.385. The number of hydrogen-bond donors (Lipinski definition) is 1. The number of nitrogens with one attached hydrogen (secondary N) is 1. The molecule has 2 amide bonds. The molecule has 1 aromatic rings. The van der Waals surface area contributed by atoms with E-state index in [1.165, 1.54) is 11.0 Å². The molecule has 6 heteroatoms. The Balaban J connectivity index is 2.00. The SMILES string of the molecule is CN(Cc1ccc(F)c(F)c1)C(=O)C1CNC(=O)C1. The molecule has 1 saturated heterocycles. The summed E-state index contributed by atoms with van der Waals surface area (Å²) in [5, 5.41) is 2.59.